The second kappa shape index (κ2) is 24.6. The Kier molecular flexibility index (Phi) is 20.7. The van der Waals surface area contributed by atoms with Gasteiger partial charge in [0.1, 0.15) is 0 Å². The van der Waals surface area contributed by atoms with Crippen molar-refractivity contribution >= 4 is 0 Å². The van der Waals surface area contributed by atoms with E-state index in [1.165, 1.54) is 193 Å². The molecule has 0 N–H and O–H groups in total. The van der Waals surface area contributed by atoms with Crippen LogP contribution in [0.2, 0.25) is 0 Å². The summed E-state index contributed by atoms with van der Waals surface area (Å²) >= 11 is 0. The predicted octanol–water partition coefficient (Wildman–Crippen LogP) is 15.6. The van der Waals surface area contributed by atoms with E-state index in [0.717, 1.165) is 60.6 Å². The highest BCUT2D eigenvalue weighted by atomic mass is 16.5. The molecule has 0 spiro atoms. The smallest absolute Gasteiger partial charge is 0.0654 e. The van der Waals surface area contributed by atoms with Crippen molar-refractivity contribution in [2.45, 2.75) is 220 Å². The molecule has 0 aromatic rings. The summed E-state index contributed by atoms with van der Waals surface area (Å²) in [5, 5.41) is 0. The third-order valence-corrected chi connectivity index (χ3v) is 14.5. The van der Waals surface area contributed by atoms with Crippen LogP contribution in [0.5, 0.6) is 0 Å². The van der Waals surface area contributed by atoms with Crippen LogP contribution < -0.4 is 0 Å². The first-order valence-electron chi connectivity index (χ1n) is 23.1. The maximum Gasteiger partial charge on any atom is 0.0654 e. The fraction of sp³-hybridized carbons (Fsp3) is 0.917. The topological polar surface area (TPSA) is 9.23 Å². The molecule has 0 aliphatic heterocycles. The second-order valence-corrected chi connectivity index (χ2v) is 18.1. The van der Waals surface area contributed by atoms with E-state index in [1.54, 1.807) is 0 Å². The molecule has 1 heteroatoms. The lowest BCUT2D eigenvalue weighted by Crippen LogP contribution is -2.24. The largest absolute Gasteiger partial charge is 0.373 e. The van der Waals surface area contributed by atoms with E-state index < -0.39 is 0 Å². The summed E-state index contributed by atoms with van der Waals surface area (Å²) < 4.78 is 6.62. The molecular formula is C48H86O. The van der Waals surface area contributed by atoms with E-state index in [4.69, 9.17) is 4.74 Å². The lowest BCUT2D eigenvalue weighted by Gasteiger charge is -2.37. The van der Waals surface area contributed by atoms with Crippen LogP contribution in [0.3, 0.4) is 0 Å². The van der Waals surface area contributed by atoms with E-state index in [1.807, 2.05) is 11.1 Å². The summed E-state index contributed by atoms with van der Waals surface area (Å²) in [6, 6.07) is 0. The summed E-state index contributed by atoms with van der Waals surface area (Å²) in [7, 11) is 0. The molecule has 4 aliphatic rings. The van der Waals surface area contributed by atoms with E-state index in [9.17, 15) is 0 Å². The minimum atomic E-state index is 0.837. The molecule has 0 aromatic heterocycles. The molecule has 49 heavy (non-hydrogen) atoms. The van der Waals surface area contributed by atoms with Gasteiger partial charge in [-0.25, -0.2) is 0 Å². The van der Waals surface area contributed by atoms with Gasteiger partial charge in [0.25, 0.3) is 0 Å². The molecule has 4 fully saturated rings. The van der Waals surface area contributed by atoms with Gasteiger partial charge in [-0.2, -0.15) is 0 Å². The average molecular weight is 679 g/mol. The molecule has 0 unspecified atom stereocenters. The second-order valence-electron chi connectivity index (χ2n) is 18.1. The molecule has 0 amide bonds. The van der Waals surface area contributed by atoms with Crippen molar-refractivity contribution in [3.05, 3.63) is 23.3 Å². The Labute approximate surface area is 308 Å². The van der Waals surface area contributed by atoms with Gasteiger partial charge in [-0.15, -0.1) is 0 Å². The van der Waals surface area contributed by atoms with Crippen LogP contribution in [0.4, 0.5) is 0 Å². The molecule has 0 aromatic carbocycles. The molecule has 284 valence electrons. The summed E-state index contributed by atoms with van der Waals surface area (Å²) in [5.41, 5.74) is 3.69. The minimum absolute atomic E-state index is 0.837. The molecule has 0 atom stereocenters. The number of allylic oxidation sites excluding steroid dienone is 2. The van der Waals surface area contributed by atoms with Gasteiger partial charge in [-0.05, 0) is 150 Å². The van der Waals surface area contributed by atoms with E-state index >= 15 is 0 Å². The van der Waals surface area contributed by atoms with Crippen molar-refractivity contribution in [3.8, 4) is 0 Å². The fourth-order valence-corrected chi connectivity index (χ4v) is 11.4. The zero-order chi connectivity index (χ0) is 34.5. The van der Waals surface area contributed by atoms with Crippen molar-refractivity contribution < 1.29 is 4.74 Å². The van der Waals surface area contributed by atoms with Crippen molar-refractivity contribution in [2.75, 3.05) is 13.2 Å². The molecule has 4 aliphatic carbocycles. The van der Waals surface area contributed by atoms with Crippen LogP contribution in [-0.2, 0) is 4.74 Å². The Balaban J connectivity index is 1.34. The average Bonchev–Trinajstić information content (AvgIpc) is 3.14. The summed E-state index contributed by atoms with van der Waals surface area (Å²) in [5.74, 6) is 7.34. The lowest BCUT2D eigenvalue weighted by molar-refractivity contribution is 0.184. The van der Waals surface area contributed by atoms with Crippen LogP contribution in [0.15, 0.2) is 23.3 Å². The SMILES string of the molecule is CCCCCCC1CCC(C(=CCOCC=C(C2CCC(CCC)CC2)C2CCC(CCCCCC)CC2)C2CCC(CCC)CC2)CC1. The summed E-state index contributed by atoms with van der Waals surface area (Å²) in [6.45, 7) is 11.1. The number of hydrogen-bond acceptors (Lipinski definition) is 1. The van der Waals surface area contributed by atoms with Gasteiger partial charge >= 0.3 is 0 Å². The molecule has 0 saturated heterocycles. The van der Waals surface area contributed by atoms with Crippen molar-refractivity contribution in [2.24, 2.45) is 47.3 Å². The quantitative estimate of drug-likeness (QED) is 0.0818. The molecule has 4 rings (SSSR count). The van der Waals surface area contributed by atoms with Crippen LogP contribution in [-0.4, -0.2) is 13.2 Å². The molecule has 1 nitrogen and oxygen atoms in total. The Morgan fingerprint density at radius 2 is 0.673 bits per heavy atom. The minimum Gasteiger partial charge on any atom is -0.373 e. The first kappa shape index (κ1) is 41.2. The normalized spacial score (nSPS) is 32.0. The van der Waals surface area contributed by atoms with Gasteiger partial charge in [0.15, 0.2) is 0 Å². The third kappa shape index (κ3) is 14.8. The Morgan fingerprint density at radius 1 is 0.367 bits per heavy atom. The Hall–Kier alpha value is -0.560. The van der Waals surface area contributed by atoms with Crippen molar-refractivity contribution in [1.82, 2.24) is 0 Å². The van der Waals surface area contributed by atoms with E-state index in [0.29, 0.717) is 0 Å². The van der Waals surface area contributed by atoms with Crippen molar-refractivity contribution in [3.63, 3.8) is 0 Å². The van der Waals surface area contributed by atoms with Crippen LogP contribution >= 0.6 is 0 Å². The van der Waals surface area contributed by atoms with Gasteiger partial charge in [0, 0.05) is 0 Å². The van der Waals surface area contributed by atoms with Crippen LogP contribution in [0.1, 0.15) is 220 Å². The van der Waals surface area contributed by atoms with Crippen LogP contribution in [0.25, 0.3) is 0 Å². The van der Waals surface area contributed by atoms with Gasteiger partial charge in [-0.1, -0.05) is 141 Å². The maximum atomic E-state index is 6.62. The predicted molar refractivity (Wildman–Crippen MR) is 216 cm³/mol. The summed E-state index contributed by atoms with van der Waals surface area (Å²) in [6.07, 6.45) is 48.7. The molecule has 0 radical (unpaired) electrons. The summed E-state index contributed by atoms with van der Waals surface area (Å²) in [4.78, 5) is 0. The Morgan fingerprint density at radius 3 is 0.959 bits per heavy atom. The van der Waals surface area contributed by atoms with Gasteiger partial charge in [-0.3, -0.25) is 0 Å². The Bertz CT molecular complexity index is 795. The van der Waals surface area contributed by atoms with E-state index in [2.05, 4.69) is 39.8 Å². The van der Waals surface area contributed by atoms with Gasteiger partial charge < -0.3 is 4.74 Å². The lowest BCUT2D eigenvalue weighted by atomic mass is 9.69. The molecular weight excluding hydrogens is 593 g/mol. The number of unbranched alkanes of at least 4 members (excludes halogenated alkanes) is 6. The van der Waals surface area contributed by atoms with Gasteiger partial charge in [0.05, 0.1) is 13.2 Å². The van der Waals surface area contributed by atoms with Crippen LogP contribution in [0, 0.1) is 47.3 Å². The first-order valence-corrected chi connectivity index (χ1v) is 23.1. The number of ether oxygens (including phenoxy) is 1. The van der Waals surface area contributed by atoms with Gasteiger partial charge in [0.2, 0.25) is 0 Å². The number of rotatable bonds is 22. The highest BCUT2D eigenvalue weighted by molar-refractivity contribution is 5.15. The van der Waals surface area contributed by atoms with E-state index in [-0.39, 0.29) is 0 Å². The monoisotopic (exact) mass is 679 g/mol. The third-order valence-electron chi connectivity index (χ3n) is 14.5. The first-order chi connectivity index (χ1) is 24.1. The molecule has 4 saturated carbocycles. The molecule has 0 heterocycles. The van der Waals surface area contributed by atoms with Crippen molar-refractivity contribution in [1.29, 1.82) is 0 Å². The molecule has 0 bridgehead atoms. The maximum absolute atomic E-state index is 6.62. The highest BCUT2D eigenvalue weighted by Crippen LogP contribution is 2.45. The highest BCUT2D eigenvalue weighted by Gasteiger charge is 2.32. The zero-order valence-corrected chi connectivity index (χ0v) is 33.8. The number of hydrogen-bond donors (Lipinski definition) is 0. The zero-order valence-electron chi connectivity index (χ0n) is 33.8. The standard InChI is InChI=1S/C48H86O/c1-5-9-11-13-17-41-23-31-45(32-24-41)47(43-27-19-39(15-7-3)20-28-43)35-37-49-38-36-48(44-29-21-40(16-8-4)22-30-44)46-33-25-42(26-34-46)18-14-12-10-6-2/h35-36,39-46H,5-34,37-38H2,1-4H3. The fourth-order valence-electron chi connectivity index (χ4n) is 11.4.